The van der Waals surface area contributed by atoms with Crippen LogP contribution >= 0.6 is 0 Å². The second kappa shape index (κ2) is 5.32. The van der Waals surface area contributed by atoms with Gasteiger partial charge < -0.3 is 10.4 Å². The Morgan fingerprint density at radius 1 is 1.17 bits per heavy atom. The van der Waals surface area contributed by atoms with Crippen LogP contribution in [-0.2, 0) is 21.2 Å². The first kappa shape index (κ1) is 15.2. The Bertz CT molecular complexity index is 939. The van der Waals surface area contributed by atoms with E-state index in [1.807, 2.05) is 0 Å². The fourth-order valence-corrected chi connectivity index (χ4v) is 4.81. The average molecular weight is 344 g/mol. The van der Waals surface area contributed by atoms with Crippen LogP contribution in [0.3, 0.4) is 0 Å². The number of rotatable bonds is 2. The van der Waals surface area contributed by atoms with Gasteiger partial charge in [0, 0.05) is 17.8 Å². The monoisotopic (exact) mass is 344 g/mol. The molecule has 2 heterocycles. The normalized spacial score (nSPS) is 19.6. The summed E-state index contributed by atoms with van der Waals surface area (Å²) in [6.45, 7) is 0.217. The number of carbonyl (C=O) groups is 1. The number of aliphatic hydroxyl groups is 1. The number of benzene rings is 2. The van der Waals surface area contributed by atoms with Crippen LogP contribution < -0.4 is 9.62 Å². The summed E-state index contributed by atoms with van der Waals surface area (Å²) >= 11 is 0. The van der Waals surface area contributed by atoms with Gasteiger partial charge in [0.2, 0.25) is 5.91 Å². The first-order valence-electron chi connectivity index (χ1n) is 7.69. The van der Waals surface area contributed by atoms with Crippen LogP contribution in [-0.4, -0.2) is 26.0 Å². The maximum absolute atomic E-state index is 13.1. The SMILES string of the molecule is O=C1Cc2cc(S(=O)(=O)N3CCC(O)c4ccccc43)ccc2N1. The quantitative estimate of drug-likeness (QED) is 0.870. The summed E-state index contributed by atoms with van der Waals surface area (Å²) in [7, 11) is -3.75. The molecule has 2 aromatic carbocycles. The van der Waals surface area contributed by atoms with Gasteiger partial charge in [-0.3, -0.25) is 9.10 Å². The molecule has 2 N–H and O–H groups in total. The zero-order valence-corrected chi connectivity index (χ0v) is 13.6. The molecular weight excluding hydrogens is 328 g/mol. The summed E-state index contributed by atoms with van der Waals surface area (Å²) in [5.41, 5.74) is 2.47. The van der Waals surface area contributed by atoms with Crippen molar-refractivity contribution in [3.05, 3.63) is 53.6 Å². The van der Waals surface area contributed by atoms with Gasteiger partial charge in [-0.2, -0.15) is 0 Å². The van der Waals surface area contributed by atoms with Crippen molar-refractivity contribution in [3.63, 3.8) is 0 Å². The zero-order valence-electron chi connectivity index (χ0n) is 12.8. The number of sulfonamides is 1. The molecule has 0 spiro atoms. The van der Waals surface area contributed by atoms with E-state index in [1.165, 1.54) is 10.4 Å². The first-order valence-corrected chi connectivity index (χ1v) is 9.13. The summed E-state index contributed by atoms with van der Waals surface area (Å²) in [6, 6.07) is 11.7. The molecule has 124 valence electrons. The predicted molar refractivity (Wildman–Crippen MR) is 89.3 cm³/mol. The Balaban J connectivity index is 1.78. The van der Waals surface area contributed by atoms with Crippen molar-refractivity contribution in [1.29, 1.82) is 0 Å². The van der Waals surface area contributed by atoms with Crippen LogP contribution in [0.15, 0.2) is 47.4 Å². The van der Waals surface area contributed by atoms with Crippen molar-refractivity contribution >= 4 is 27.3 Å². The van der Waals surface area contributed by atoms with Gasteiger partial charge in [0.1, 0.15) is 0 Å². The lowest BCUT2D eigenvalue weighted by molar-refractivity contribution is -0.115. The average Bonchev–Trinajstić information content (AvgIpc) is 2.94. The molecule has 0 fully saturated rings. The maximum Gasteiger partial charge on any atom is 0.264 e. The van der Waals surface area contributed by atoms with Crippen molar-refractivity contribution in [2.75, 3.05) is 16.2 Å². The van der Waals surface area contributed by atoms with E-state index < -0.39 is 16.1 Å². The van der Waals surface area contributed by atoms with Crippen LogP contribution in [0, 0.1) is 0 Å². The molecule has 0 saturated heterocycles. The molecule has 1 amide bonds. The predicted octanol–water partition coefficient (Wildman–Crippen LogP) is 1.81. The molecule has 0 radical (unpaired) electrons. The molecule has 2 aliphatic heterocycles. The fraction of sp³-hybridized carbons (Fsp3) is 0.235. The highest BCUT2D eigenvalue weighted by molar-refractivity contribution is 7.92. The van der Waals surface area contributed by atoms with Crippen molar-refractivity contribution in [3.8, 4) is 0 Å². The smallest absolute Gasteiger partial charge is 0.264 e. The summed E-state index contributed by atoms with van der Waals surface area (Å²) in [4.78, 5) is 11.6. The minimum absolute atomic E-state index is 0.133. The van der Waals surface area contributed by atoms with E-state index in [0.717, 1.165) is 0 Å². The lowest BCUT2D eigenvalue weighted by Crippen LogP contribution is -2.36. The number of anilines is 2. The fourth-order valence-electron chi connectivity index (χ4n) is 3.25. The number of nitrogens with one attached hydrogen (secondary N) is 1. The van der Waals surface area contributed by atoms with Crippen LogP contribution in [0.4, 0.5) is 11.4 Å². The topological polar surface area (TPSA) is 86.7 Å². The van der Waals surface area contributed by atoms with E-state index in [2.05, 4.69) is 5.32 Å². The van der Waals surface area contributed by atoms with Crippen molar-refractivity contribution in [1.82, 2.24) is 0 Å². The minimum atomic E-state index is -3.75. The molecule has 2 aromatic rings. The third-order valence-corrected chi connectivity index (χ3v) is 6.27. The van der Waals surface area contributed by atoms with Gasteiger partial charge in [-0.25, -0.2) is 8.42 Å². The summed E-state index contributed by atoms with van der Waals surface area (Å²) in [5.74, 6) is -0.133. The summed E-state index contributed by atoms with van der Waals surface area (Å²) in [5, 5.41) is 12.8. The second-order valence-electron chi connectivity index (χ2n) is 5.98. The second-order valence-corrected chi connectivity index (χ2v) is 7.85. The summed E-state index contributed by atoms with van der Waals surface area (Å²) < 4.78 is 27.5. The van der Waals surface area contributed by atoms with E-state index in [4.69, 9.17) is 0 Å². The molecule has 0 bridgehead atoms. The highest BCUT2D eigenvalue weighted by Crippen LogP contribution is 2.37. The number of hydrogen-bond acceptors (Lipinski definition) is 4. The van der Waals surface area contributed by atoms with Crippen LogP contribution in [0.25, 0.3) is 0 Å². The van der Waals surface area contributed by atoms with E-state index >= 15 is 0 Å². The van der Waals surface area contributed by atoms with Gasteiger partial charge in [0.25, 0.3) is 10.0 Å². The third kappa shape index (κ3) is 2.28. The maximum atomic E-state index is 13.1. The van der Waals surface area contributed by atoms with Crippen molar-refractivity contribution in [2.24, 2.45) is 0 Å². The zero-order chi connectivity index (χ0) is 16.9. The molecule has 1 unspecified atom stereocenters. The van der Waals surface area contributed by atoms with Gasteiger partial charge in [-0.05, 0) is 36.2 Å². The molecule has 24 heavy (non-hydrogen) atoms. The van der Waals surface area contributed by atoms with Gasteiger partial charge in [0.15, 0.2) is 0 Å². The Hall–Kier alpha value is -2.38. The van der Waals surface area contributed by atoms with Gasteiger partial charge in [0.05, 0.1) is 23.1 Å². The summed E-state index contributed by atoms with van der Waals surface area (Å²) in [6.07, 6.45) is -0.121. The number of nitrogens with zero attached hydrogens (tertiary/aromatic N) is 1. The Morgan fingerprint density at radius 3 is 2.79 bits per heavy atom. The van der Waals surface area contributed by atoms with E-state index in [-0.39, 0.29) is 23.8 Å². The van der Waals surface area contributed by atoms with Crippen LogP contribution in [0.5, 0.6) is 0 Å². The number of amides is 1. The minimum Gasteiger partial charge on any atom is -0.388 e. The van der Waals surface area contributed by atoms with E-state index in [1.54, 1.807) is 36.4 Å². The van der Waals surface area contributed by atoms with Crippen molar-refractivity contribution in [2.45, 2.75) is 23.8 Å². The van der Waals surface area contributed by atoms with Gasteiger partial charge in [-0.15, -0.1) is 0 Å². The Morgan fingerprint density at radius 2 is 1.96 bits per heavy atom. The van der Waals surface area contributed by atoms with Crippen molar-refractivity contribution < 1.29 is 18.3 Å². The molecule has 7 heteroatoms. The molecule has 4 rings (SSSR count). The van der Waals surface area contributed by atoms with Crippen LogP contribution in [0.2, 0.25) is 0 Å². The molecule has 1 atom stereocenters. The molecule has 0 aliphatic carbocycles. The molecule has 2 aliphatic rings. The number of carbonyl (C=O) groups excluding carboxylic acids is 1. The number of aliphatic hydroxyl groups excluding tert-OH is 1. The van der Waals surface area contributed by atoms with Gasteiger partial charge >= 0.3 is 0 Å². The first-order chi connectivity index (χ1) is 11.5. The Kier molecular flexibility index (Phi) is 3.36. The highest BCUT2D eigenvalue weighted by Gasteiger charge is 2.33. The van der Waals surface area contributed by atoms with E-state index in [0.29, 0.717) is 28.9 Å². The number of para-hydroxylation sites is 1. The lowest BCUT2D eigenvalue weighted by Gasteiger charge is -2.33. The Labute approximate surface area is 139 Å². The number of fused-ring (bicyclic) bond motifs is 2. The molecule has 0 aromatic heterocycles. The standard InChI is InChI=1S/C17H16N2O4S/c20-16-7-8-19(15-4-2-1-3-13(15)16)24(22,23)12-5-6-14-11(9-12)10-17(21)18-14/h1-6,9,16,20H,7-8,10H2,(H,18,21). The molecular formula is C17H16N2O4S. The molecule has 6 nitrogen and oxygen atoms in total. The van der Waals surface area contributed by atoms with E-state index in [9.17, 15) is 18.3 Å². The van der Waals surface area contributed by atoms with Crippen LogP contribution in [0.1, 0.15) is 23.7 Å². The molecule has 0 saturated carbocycles. The largest absolute Gasteiger partial charge is 0.388 e. The highest BCUT2D eigenvalue weighted by atomic mass is 32.2. The third-order valence-electron chi connectivity index (χ3n) is 4.46. The number of hydrogen-bond donors (Lipinski definition) is 2. The lowest BCUT2D eigenvalue weighted by atomic mass is 10.0. The van der Waals surface area contributed by atoms with Gasteiger partial charge in [-0.1, -0.05) is 18.2 Å².